The summed E-state index contributed by atoms with van der Waals surface area (Å²) in [6, 6.07) is 5.20. The molecule has 3 aromatic rings. The zero-order chi connectivity index (χ0) is 13.2. The first-order valence-electron chi connectivity index (χ1n) is 5.95. The Labute approximate surface area is 113 Å². The van der Waals surface area contributed by atoms with E-state index in [4.69, 9.17) is 0 Å². The molecule has 0 fully saturated rings. The van der Waals surface area contributed by atoms with Gasteiger partial charge in [0.1, 0.15) is 18.5 Å². The second-order valence-corrected chi connectivity index (χ2v) is 5.38. The van der Waals surface area contributed by atoms with Crippen LogP contribution in [0.5, 0.6) is 0 Å². The summed E-state index contributed by atoms with van der Waals surface area (Å²) in [5.74, 6) is -0.175. The molecule has 1 aromatic carbocycles. The molecule has 0 radical (unpaired) electrons. The fourth-order valence-electron chi connectivity index (χ4n) is 2.16. The van der Waals surface area contributed by atoms with Gasteiger partial charge in [0.15, 0.2) is 0 Å². The largest absolute Gasteiger partial charge is 0.315 e. The number of hydrogen-bond acceptors (Lipinski definition) is 4. The van der Waals surface area contributed by atoms with Crippen molar-refractivity contribution in [2.75, 3.05) is 7.05 Å². The molecule has 3 rings (SSSR count). The quantitative estimate of drug-likeness (QED) is 0.795. The van der Waals surface area contributed by atoms with Crippen LogP contribution < -0.4 is 5.32 Å². The molecule has 0 amide bonds. The third-order valence-corrected chi connectivity index (χ3v) is 4.17. The van der Waals surface area contributed by atoms with Crippen molar-refractivity contribution in [3.05, 3.63) is 47.1 Å². The fourth-order valence-corrected chi connectivity index (χ4v) is 3.40. The van der Waals surface area contributed by atoms with Gasteiger partial charge in [-0.15, -0.1) is 11.3 Å². The highest BCUT2D eigenvalue weighted by Gasteiger charge is 2.15. The predicted molar refractivity (Wildman–Crippen MR) is 73.7 cm³/mol. The van der Waals surface area contributed by atoms with Crippen LogP contribution in [-0.2, 0) is 13.1 Å². The second-order valence-electron chi connectivity index (χ2n) is 4.24. The van der Waals surface area contributed by atoms with Gasteiger partial charge >= 0.3 is 0 Å². The number of benzene rings is 1. The normalized spacial score (nSPS) is 11.3. The summed E-state index contributed by atoms with van der Waals surface area (Å²) in [5, 5.41) is 7.93. The molecule has 0 atom stereocenters. The first kappa shape index (κ1) is 12.3. The molecule has 0 aliphatic heterocycles. The van der Waals surface area contributed by atoms with Crippen LogP contribution in [0.15, 0.2) is 30.9 Å². The second kappa shape index (κ2) is 5.07. The van der Waals surface area contributed by atoms with Gasteiger partial charge in [-0.2, -0.15) is 5.10 Å². The number of fused-ring (bicyclic) bond motifs is 1. The Kier molecular flexibility index (Phi) is 3.27. The van der Waals surface area contributed by atoms with Gasteiger partial charge in [0.25, 0.3) is 0 Å². The van der Waals surface area contributed by atoms with Gasteiger partial charge in [0.2, 0.25) is 0 Å². The highest BCUT2D eigenvalue weighted by atomic mass is 32.1. The van der Waals surface area contributed by atoms with Gasteiger partial charge in [-0.25, -0.2) is 14.1 Å². The van der Waals surface area contributed by atoms with E-state index in [2.05, 4.69) is 15.4 Å². The minimum Gasteiger partial charge on any atom is -0.315 e. The molecule has 0 unspecified atom stereocenters. The summed E-state index contributed by atoms with van der Waals surface area (Å²) in [6.07, 6.45) is 3.14. The Bertz CT molecular complexity index is 690. The van der Waals surface area contributed by atoms with Crippen LogP contribution in [-0.4, -0.2) is 21.8 Å². The lowest BCUT2D eigenvalue weighted by atomic mass is 10.1. The highest BCUT2D eigenvalue weighted by Crippen LogP contribution is 2.33. The van der Waals surface area contributed by atoms with Gasteiger partial charge in [0, 0.05) is 21.5 Å². The maximum atomic E-state index is 14.1. The molecule has 2 aromatic heterocycles. The monoisotopic (exact) mass is 276 g/mol. The van der Waals surface area contributed by atoms with Crippen molar-refractivity contribution in [3.8, 4) is 0 Å². The van der Waals surface area contributed by atoms with Crippen LogP contribution in [0.2, 0.25) is 0 Å². The molecule has 1 N–H and O–H groups in total. The molecule has 6 heteroatoms. The Morgan fingerprint density at radius 2 is 2.32 bits per heavy atom. The maximum Gasteiger partial charge on any atom is 0.137 e. The van der Waals surface area contributed by atoms with Gasteiger partial charge in [-0.05, 0) is 24.7 Å². The van der Waals surface area contributed by atoms with Gasteiger partial charge in [-0.1, -0.05) is 6.07 Å². The molecule has 0 saturated carbocycles. The van der Waals surface area contributed by atoms with E-state index in [0.717, 1.165) is 21.7 Å². The van der Waals surface area contributed by atoms with E-state index in [1.165, 1.54) is 12.4 Å². The van der Waals surface area contributed by atoms with E-state index >= 15 is 0 Å². The third kappa shape index (κ3) is 2.24. The van der Waals surface area contributed by atoms with Crippen LogP contribution in [0, 0.1) is 5.82 Å². The van der Waals surface area contributed by atoms with Gasteiger partial charge in [0.05, 0.1) is 6.54 Å². The van der Waals surface area contributed by atoms with Crippen LogP contribution in [0.4, 0.5) is 4.39 Å². The van der Waals surface area contributed by atoms with E-state index in [-0.39, 0.29) is 5.82 Å². The Hall–Kier alpha value is -1.79. The van der Waals surface area contributed by atoms with Gasteiger partial charge in [-0.3, -0.25) is 0 Å². The van der Waals surface area contributed by atoms with Crippen LogP contribution in [0.25, 0.3) is 10.1 Å². The van der Waals surface area contributed by atoms with E-state index in [1.54, 1.807) is 28.4 Å². The number of rotatable bonds is 4. The number of halogens is 1. The van der Waals surface area contributed by atoms with Crippen molar-refractivity contribution in [2.45, 2.75) is 13.1 Å². The van der Waals surface area contributed by atoms with Crippen molar-refractivity contribution < 1.29 is 4.39 Å². The summed E-state index contributed by atoms with van der Waals surface area (Å²) < 4.78 is 16.8. The number of nitrogens with zero attached hydrogens (tertiary/aromatic N) is 3. The topological polar surface area (TPSA) is 42.7 Å². The SMILES string of the molecule is CNCc1sc2cccc(F)c2c1Cn1cncn1. The van der Waals surface area contributed by atoms with Crippen molar-refractivity contribution in [1.29, 1.82) is 0 Å². The van der Waals surface area contributed by atoms with Crippen LogP contribution in [0.3, 0.4) is 0 Å². The van der Waals surface area contributed by atoms with E-state index < -0.39 is 0 Å². The average Bonchev–Trinajstić information content (AvgIpc) is 3.00. The van der Waals surface area contributed by atoms with Crippen molar-refractivity contribution >= 4 is 21.4 Å². The van der Waals surface area contributed by atoms with Gasteiger partial charge < -0.3 is 5.32 Å². The fraction of sp³-hybridized carbons (Fsp3) is 0.231. The maximum absolute atomic E-state index is 14.1. The van der Waals surface area contributed by atoms with E-state index in [1.807, 2.05) is 13.1 Å². The molecule has 4 nitrogen and oxygen atoms in total. The van der Waals surface area contributed by atoms with Crippen molar-refractivity contribution in [2.24, 2.45) is 0 Å². The lowest BCUT2D eigenvalue weighted by molar-refractivity contribution is 0.634. The Morgan fingerprint density at radius 3 is 3.05 bits per heavy atom. The highest BCUT2D eigenvalue weighted by molar-refractivity contribution is 7.19. The molecule has 0 spiro atoms. The number of aromatic nitrogens is 3. The van der Waals surface area contributed by atoms with Crippen molar-refractivity contribution in [1.82, 2.24) is 20.1 Å². The standard InChI is InChI=1S/C13H13FN4S/c1-15-5-12-9(6-18-8-16-7-17-18)13-10(14)3-2-4-11(13)19-12/h2-4,7-8,15H,5-6H2,1H3. The first-order chi connectivity index (χ1) is 9.29. The van der Waals surface area contributed by atoms with Crippen LogP contribution in [0.1, 0.15) is 10.4 Å². The molecule has 0 aliphatic rings. The smallest absolute Gasteiger partial charge is 0.137 e. The summed E-state index contributed by atoms with van der Waals surface area (Å²) in [5.41, 5.74) is 0.984. The summed E-state index contributed by atoms with van der Waals surface area (Å²) in [4.78, 5) is 5.06. The molecular formula is C13H13FN4S. The third-order valence-electron chi connectivity index (χ3n) is 2.97. The predicted octanol–water partition coefficient (Wildman–Crippen LogP) is 2.40. The lowest BCUT2D eigenvalue weighted by Crippen LogP contribution is -2.08. The molecule has 2 heterocycles. The molecule has 19 heavy (non-hydrogen) atoms. The number of nitrogens with one attached hydrogen (secondary N) is 1. The summed E-state index contributed by atoms with van der Waals surface area (Å²) in [7, 11) is 1.89. The molecule has 0 saturated heterocycles. The molecule has 0 bridgehead atoms. The average molecular weight is 276 g/mol. The molecular weight excluding hydrogens is 263 g/mol. The molecule has 98 valence electrons. The number of hydrogen-bond donors (Lipinski definition) is 1. The van der Waals surface area contributed by atoms with Crippen LogP contribution >= 0.6 is 11.3 Å². The minimum absolute atomic E-state index is 0.175. The zero-order valence-electron chi connectivity index (χ0n) is 10.4. The summed E-state index contributed by atoms with van der Waals surface area (Å²) in [6.45, 7) is 1.26. The van der Waals surface area contributed by atoms with E-state index in [0.29, 0.717) is 11.9 Å². The number of thiophene rings is 1. The summed E-state index contributed by atoms with van der Waals surface area (Å²) >= 11 is 1.62. The lowest BCUT2D eigenvalue weighted by Gasteiger charge is -2.05. The van der Waals surface area contributed by atoms with E-state index in [9.17, 15) is 4.39 Å². The zero-order valence-corrected chi connectivity index (χ0v) is 11.2. The Balaban J connectivity index is 2.15. The Morgan fingerprint density at radius 1 is 1.42 bits per heavy atom. The molecule has 0 aliphatic carbocycles. The minimum atomic E-state index is -0.175. The first-order valence-corrected chi connectivity index (χ1v) is 6.77. The van der Waals surface area contributed by atoms with Crippen molar-refractivity contribution in [3.63, 3.8) is 0 Å².